The zero-order valence-corrected chi connectivity index (χ0v) is 9.60. The number of nitrogens with one attached hydrogen (secondary N) is 1. The van der Waals surface area contributed by atoms with Crippen molar-refractivity contribution in [1.82, 2.24) is 5.32 Å². The van der Waals surface area contributed by atoms with Gasteiger partial charge >= 0.3 is 0 Å². The van der Waals surface area contributed by atoms with Gasteiger partial charge in [0.15, 0.2) is 0 Å². The van der Waals surface area contributed by atoms with Gasteiger partial charge in [-0.05, 0) is 39.3 Å². The molecule has 0 fully saturated rings. The molecule has 82 valence electrons. The number of unbranched alkanes of at least 4 members (excludes halogenated alkanes) is 2. The largest absolute Gasteiger partial charge is 0.466 e. The van der Waals surface area contributed by atoms with E-state index in [1.54, 1.807) is 0 Å². The standard InChI is InChI=1S/C13H19NO/c1-4-5-6-7-8-14-10-13-9-11(2)15-12(13)3/h1,9,14H,5-8,10H2,2-3H3. The highest BCUT2D eigenvalue weighted by Gasteiger charge is 2.02. The van der Waals surface area contributed by atoms with Gasteiger partial charge in [-0.3, -0.25) is 0 Å². The van der Waals surface area contributed by atoms with E-state index in [0.29, 0.717) is 0 Å². The quantitative estimate of drug-likeness (QED) is 0.570. The van der Waals surface area contributed by atoms with E-state index in [9.17, 15) is 0 Å². The van der Waals surface area contributed by atoms with Crippen molar-refractivity contribution in [2.45, 2.75) is 39.7 Å². The summed E-state index contributed by atoms with van der Waals surface area (Å²) in [6.45, 7) is 5.89. The van der Waals surface area contributed by atoms with E-state index in [1.807, 2.05) is 13.8 Å². The topological polar surface area (TPSA) is 25.2 Å². The predicted molar refractivity (Wildman–Crippen MR) is 62.6 cm³/mol. The van der Waals surface area contributed by atoms with Crippen LogP contribution in [0.5, 0.6) is 0 Å². The Morgan fingerprint density at radius 3 is 2.80 bits per heavy atom. The molecule has 2 heteroatoms. The monoisotopic (exact) mass is 205 g/mol. The van der Waals surface area contributed by atoms with Crippen molar-refractivity contribution in [2.24, 2.45) is 0 Å². The molecule has 1 aromatic heterocycles. The lowest BCUT2D eigenvalue weighted by atomic mass is 10.2. The van der Waals surface area contributed by atoms with E-state index in [1.165, 1.54) is 5.56 Å². The van der Waals surface area contributed by atoms with Gasteiger partial charge in [0.05, 0.1) is 0 Å². The van der Waals surface area contributed by atoms with Gasteiger partial charge in [-0.15, -0.1) is 12.3 Å². The molecule has 0 bridgehead atoms. The average Bonchev–Trinajstić information content (AvgIpc) is 2.51. The van der Waals surface area contributed by atoms with Gasteiger partial charge in [0.1, 0.15) is 11.5 Å². The van der Waals surface area contributed by atoms with Crippen LogP contribution in [0.25, 0.3) is 0 Å². The third-order valence-corrected chi connectivity index (χ3v) is 2.38. The molecule has 0 aromatic carbocycles. The summed E-state index contributed by atoms with van der Waals surface area (Å²) in [5.41, 5.74) is 1.25. The zero-order chi connectivity index (χ0) is 11.1. The van der Waals surface area contributed by atoms with Crippen LogP contribution in [0.3, 0.4) is 0 Å². The van der Waals surface area contributed by atoms with Gasteiger partial charge in [0.25, 0.3) is 0 Å². The summed E-state index contributed by atoms with van der Waals surface area (Å²) >= 11 is 0. The Morgan fingerprint density at radius 2 is 2.20 bits per heavy atom. The Bertz CT molecular complexity index is 333. The van der Waals surface area contributed by atoms with Crippen molar-refractivity contribution in [2.75, 3.05) is 6.54 Å². The fraction of sp³-hybridized carbons (Fsp3) is 0.538. The van der Waals surface area contributed by atoms with E-state index >= 15 is 0 Å². The van der Waals surface area contributed by atoms with E-state index in [4.69, 9.17) is 10.8 Å². The van der Waals surface area contributed by atoms with E-state index < -0.39 is 0 Å². The normalized spacial score (nSPS) is 10.2. The Labute approximate surface area is 92.1 Å². The van der Waals surface area contributed by atoms with Gasteiger partial charge < -0.3 is 9.73 Å². The summed E-state index contributed by atoms with van der Waals surface area (Å²) in [6.07, 6.45) is 8.30. The Balaban J connectivity index is 2.15. The highest BCUT2D eigenvalue weighted by Crippen LogP contribution is 2.12. The maximum absolute atomic E-state index is 5.44. The summed E-state index contributed by atoms with van der Waals surface area (Å²) in [5, 5.41) is 3.39. The van der Waals surface area contributed by atoms with Gasteiger partial charge in [0, 0.05) is 18.5 Å². The van der Waals surface area contributed by atoms with Crippen molar-refractivity contribution >= 4 is 0 Å². The predicted octanol–water partition coefficient (Wildman–Crippen LogP) is 2.79. The van der Waals surface area contributed by atoms with Crippen LogP contribution in [0, 0.1) is 26.2 Å². The maximum atomic E-state index is 5.44. The summed E-state index contributed by atoms with van der Waals surface area (Å²) in [5.74, 6) is 4.65. The molecule has 0 radical (unpaired) electrons. The van der Waals surface area contributed by atoms with Crippen LogP contribution in [0.15, 0.2) is 10.5 Å². The summed E-state index contributed by atoms with van der Waals surface area (Å²) < 4.78 is 5.44. The van der Waals surface area contributed by atoms with Crippen LogP contribution < -0.4 is 5.32 Å². The van der Waals surface area contributed by atoms with E-state index in [-0.39, 0.29) is 0 Å². The summed E-state index contributed by atoms with van der Waals surface area (Å²) in [7, 11) is 0. The maximum Gasteiger partial charge on any atom is 0.105 e. The lowest BCUT2D eigenvalue weighted by Crippen LogP contribution is -2.14. The van der Waals surface area contributed by atoms with Crippen LogP contribution in [0.1, 0.15) is 36.3 Å². The molecule has 0 aliphatic heterocycles. The molecular formula is C13H19NO. The smallest absolute Gasteiger partial charge is 0.105 e. The van der Waals surface area contributed by atoms with Crippen molar-refractivity contribution in [3.8, 4) is 12.3 Å². The molecule has 0 saturated carbocycles. The molecule has 0 aliphatic carbocycles. The molecule has 0 saturated heterocycles. The zero-order valence-electron chi connectivity index (χ0n) is 9.60. The van der Waals surface area contributed by atoms with Crippen LogP contribution in [-0.2, 0) is 6.54 Å². The van der Waals surface area contributed by atoms with Gasteiger partial charge in [-0.1, -0.05) is 0 Å². The van der Waals surface area contributed by atoms with Crippen LogP contribution >= 0.6 is 0 Å². The molecule has 0 amide bonds. The minimum Gasteiger partial charge on any atom is -0.466 e. The first-order valence-corrected chi connectivity index (χ1v) is 5.44. The number of aryl methyl sites for hydroxylation is 2. The lowest BCUT2D eigenvalue weighted by Gasteiger charge is -2.02. The van der Waals surface area contributed by atoms with Crippen LogP contribution in [0.2, 0.25) is 0 Å². The SMILES string of the molecule is C#CCCCCNCc1cc(C)oc1C. The summed E-state index contributed by atoms with van der Waals surface area (Å²) in [4.78, 5) is 0. The molecular weight excluding hydrogens is 186 g/mol. The molecule has 0 unspecified atom stereocenters. The molecule has 1 N–H and O–H groups in total. The fourth-order valence-electron chi connectivity index (χ4n) is 1.56. The number of furan rings is 1. The van der Waals surface area contributed by atoms with Crippen molar-refractivity contribution in [3.63, 3.8) is 0 Å². The number of terminal acetylenes is 1. The van der Waals surface area contributed by atoms with E-state index in [0.717, 1.165) is 43.9 Å². The van der Waals surface area contributed by atoms with Crippen molar-refractivity contribution in [3.05, 3.63) is 23.2 Å². The molecule has 1 heterocycles. The summed E-state index contributed by atoms with van der Waals surface area (Å²) in [6, 6.07) is 2.09. The average molecular weight is 205 g/mol. The third-order valence-electron chi connectivity index (χ3n) is 2.38. The second-order valence-corrected chi connectivity index (χ2v) is 3.78. The highest BCUT2D eigenvalue weighted by atomic mass is 16.3. The van der Waals surface area contributed by atoms with Gasteiger partial charge in [-0.25, -0.2) is 0 Å². The van der Waals surface area contributed by atoms with Crippen molar-refractivity contribution in [1.29, 1.82) is 0 Å². The lowest BCUT2D eigenvalue weighted by molar-refractivity contribution is 0.498. The third kappa shape index (κ3) is 4.22. The Morgan fingerprint density at radius 1 is 1.40 bits per heavy atom. The first-order chi connectivity index (χ1) is 7.24. The number of rotatable bonds is 6. The van der Waals surface area contributed by atoms with Crippen molar-refractivity contribution < 1.29 is 4.42 Å². The second-order valence-electron chi connectivity index (χ2n) is 3.78. The molecule has 0 atom stereocenters. The first-order valence-electron chi connectivity index (χ1n) is 5.44. The van der Waals surface area contributed by atoms with Gasteiger partial charge in [-0.2, -0.15) is 0 Å². The highest BCUT2D eigenvalue weighted by molar-refractivity contribution is 5.19. The van der Waals surface area contributed by atoms with Crippen LogP contribution in [0.4, 0.5) is 0 Å². The fourth-order valence-corrected chi connectivity index (χ4v) is 1.56. The van der Waals surface area contributed by atoms with E-state index in [2.05, 4.69) is 17.3 Å². The Kier molecular flexibility index (Phi) is 5.00. The molecule has 1 aromatic rings. The molecule has 0 aliphatic rings. The molecule has 2 nitrogen and oxygen atoms in total. The number of hydrogen-bond acceptors (Lipinski definition) is 2. The first kappa shape index (κ1) is 11.9. The number of hydrogen-bond donors (Lipinski definition) is 1. The minimum absolute atomic E-state index is 0.880. The van der Waals surface area contributed by atoms with Gasteiger partial charge in [0.2, 0.25) is 0 Å². The molecule has 1 rings (SSSR count). The second kappa shape index (κ2) is 6.31. The van der Waals surface area contributed by atoms with Crippen LogP contribution in [-0.4, -0.2) is 6.54 Å². The molecule has 15 heavy (non-hydrogen) atoms. The minimum atomic E-state index is 0.880. The Hall–Kier alpha value is -1.20. The molecule has 0 spiro atoms.